The zero-order chi connectivity index (χ0) is 12.4. The average Bonchev–Trinajstić information content (AvgIpc) is 2.70. The first-order chi connectivity index (χ1) is 8.09. The molecular weight excluding hydrogens is 226 g/mol. The molecule has 0 amide bonds. The Balaban J connectivity index is 2.28. The molecule has 88 valence electrons. The predicted octanol–water partition coefficient (Wildman–Crippen LogP) is 3.29. The van der Waals surface area contributed by atoms with Gasteiger partial charge in [0.05, 0.1) is 11.8 Å². The second-order valence-electron chi connectivity index (χ2n) is 3.69. The van der Waals surface area contributed by atoms with E-state index in [9.17, 15) is 13.6 Å². The minimum atomic E-state index is -0.709. The van der Waals surface area contributed by atoms with Gasteiger partial charge in [-0.3, -0.25) is 4.79 Å². The Morgan fingerprint density at radius 1 is 1.24 bits per heavy atom. The summed E-state index contributed by atoms with van der Waals surface area (Å²) in [7, 11) is 0. The Morgan fingerprint density at radius 3 is 2.41 bits per heavy atom. The van der Waals surface area contributed by atoms with Crippen LogP contribution in [0.3, 0.4) is 0 Å². The monoisotopic (exact) mass is 236 g/mol. The Labute approximate surface area is 96.9 Å². The number of ketones is 1. The highest BCUT2D eigenvalue weighted by molar-refractivity contribution is 5.98. The van der Waals surface area contributed by atoms with Crippen molar-refractivity contribution in [1.29, 1.82) is 0 Å². The maximum atomic E-state index is 13.3. The van der Waals surface area contributed by atoms with Gasteiger partial charge in [0, 0.05) is 12.0 Å². The van der Waals surface area contributed by atoms with E-state index in [1.807, 2.05) is 0 Å². The van der Waals surface area contributed by atoms with E-state index in [4.69, 9.17) is 4.42 Å². The Hall–Kier alpha value is -1.97. The van der Waals surface area contributed by atoms with Crippen LogP contribution in [0.15, 0.2) is 34.9 Å². The minimum absolute atomic E-state index is 0.210. The summed E-state index contributed by atoms with van der Waals surface area (Å²) in [5.41, 5.74) is 0.144. The number of hydrogen-bond donors (Lipinski definition) is 0. The van der Waals surface area contributed by atoms with E-state index in [1.54, 1.807) is 6.92 Å². The molecule has 0 N–H and O–H groups in total. The number of hydrogen-bond acceptors (Lipinski definition) is 2. The first kappa shape index (κ1) is 11.5. The predicted molar refractivity (Wildman–Crippen MR) is 57.8 cm³/mol. The van der Waals surface area contributed by atoms with Crippen LogP contribution in [0.4, 0.5) is 8.78 Å². The topological polar surface area (TPSA) is 30.2 Å². The van der Waals surface area contributed by atoms with Gasteiger partial charge in [-0.25, -0.2) is 8.78 Å². The van der Waals surface area contributed by atoms with Gasteiger partial charge >= 0.3 is 0 Å². The van der Waals surface area contributed by atoms with E-state index in [1.165, 1.54) is 18.4 Å². The molecule has 2 nitrogen and oxygen atoms in total. The van der Waals surface area contributed by atoms with E-state index < -0.39 is 11.6 Å². The van der Waals surface area contributed by atoms with Gasteiger partial charge < -0.3 is 4.42 Å². The molecule has 1 heterocycles. The summed E-state index contributed by atoms with van der Waals surface area (Å²) >= 11 is 0. The summed E-state index contributed by atoms with van der Waals surface area (Å²) in [6.45, 7) is 1.63. The molecular formula is C13H10F2O2. The maximum Gasteiger partial charge on any atom is 0.170 e. The molecule has 2 aromatic rings. The molecule has 17 heavy (non-hydrogen) atoms. The molecule has 1 aromatic heterocycles. The number of rotatable bonds is 3. The quantitative estimate of drug-likeness (QED) is 0.765. The first-order valence-electron chi connectivity index (χ1n) is 5.10. The number of aryl methyl sites for hydroxylation is 1. The Kier molecular flexibility index (Phi) is 3.04. The summed E-state index contributed by atoms with van der Waals surface area (Å²) in [5.74, 6) is -1.33. The summed E-state index contributed by atoms with van der Waals surface area (Å²) in [6.07, 6.45) is 1.07. The zero-order valence-corrected chi connectivity index (χ0v) is 9.17. The SMILES string of the molecule is Cc1occc1C(=O)Cc1c(F)cccc1F. The molecule has 4 heteroatoms. The van der Waals surface area contributed by atoms with Crippen molar-refractivity contribution in [3.63, 3.8) is 0 Å². The lowest BCUT2D eigenvalue weighted by Crippen LogP contribution is -2.07. The van der Waals surface area contributed by atoms with Crippen molar-refractivity contribution in [1.82, 2.24) is 0 Å². The molecule has 0 aliphatic heterocycles. The number of carbonyl (C=O) groups excluding carboxylic acids is 1. The smallest absolute Gasteiger partial charge is 0.170 e. The van der Waals surface area contributed by atoms with Crippen molar-refractivity contribution < 1.29 is 18.0 Å². The van der Waals surface area contributed by atoms with E-state index in [0.717, 1.165) is 12.1 Å². The van der Waals surface area contributed by atoms with Gasteiger partial charge in [-0.2, -0.15) is 0 Å². The molecule has 0 aliphatic carbocycles. The fourth-order valence-corrected chi connectivity index (χ4v) is 1.63. The largest absolute Gasteiger partial charge is 0.469 e. The molecule has 2 rings (SSSR count). The fourth-order valence-electron chi connectivity index (χ4n) is 1.63. The third kappa shape index (κ3) is 2.25. The van der Waals surface area contributed by atoms with Crippen LogP contribution in [0.1, 0.15) is 21.7 Å². The number of halogens is 2. The lowest BCUT2D eigenvalue weighted by molar-refractivity contribution is 0.0989. The summed E-state index contributed by atoms with van der Waals surface area (Å²) in [6, 6.07) is 5.03. The Morgan fingerprint density at radius 2 is 1.88 bits per heavy atom. The van der Waals surface area contributed by atoms with Crippen molar-refractivity contribution >= 4 is 5.78 Å². The van der Waals surface area contributed by atoms with Crippen LogP contribution in [-0.2, 0) is 6.42 Å². The van der Waals surface area contributed by atoms with E-state index >= 15 is 0 Å². The molecule has 0 aliphatic rings. The van der Waals surface area contributed by atoms with Gasteiger partial charge in [-0.15, -0.1) is 0 Å². The fraction of sp³-hybridized carbons (Fsp3) is 0.154. The van der Waals surface area contributed by atoms with Gasteiger partial charge in [0.15, 0.2) is 5.78 Å². The van der Waals surface area contributed by atoms with Crippen LogP contribution < -0.4 is 0 Å². The highest BCUT2D eigenvalue weighted by atomic mass is 19.1. The van der Waals surface area contributed by atoms with E-state index in [-0.39, 0.29) is 17.8 Å². The summed E-state index contributed by atoms with van der Waals surface area (Å²) < 4.78 is 31.7. The van der Waals surface area contributed by atoms with Gasteiger partial charge in [-0.1, -0.05) is 6.07 Å². The van der Waals surface area contributed by atoms with Gasteiger partial charge in [0.2, 0.25) is 0 Å². The first-order valence-corrected chi connectivity index (χ1v) is 5.10. The van der Waals surface area contributed by atoms with Crippen LogP contribution >= 0.6 is 0 Å². The van der Waals surface area contributed by atoms with Gasteiger partial charge in [0.1, 0.15) is 17.4 Å². The molecule has 0 atom stereocenters. The number of benzene rings is 1. The summed E-state index contributed by atoms with van der Waals surface area (Å²) in [4.78, 5) is 11.8. The Bertz CT molecular complexity index is 538. The van der Waals surface area contributed by atoms with Crippen molar-refractivity contribution in [2.45, 2.75) is 13.3 Å². The van der Waals surface area contributed by atoms with Crippen molar-refractivity contribution in [2.75, 3.05) is 0 Å². The number of Topliss-reactive ketones (excluding diaryl/α,β-unsaturated/α-hetero) is 1. The summed E-state index contributed by atoms with van der Waals surface area (Å²) in [5, 5.41) is 0. The minimum Gasteiger partial charge on any atom is -0.469 e. The molecule has 0 fully saturated rings. The van der Waals surface area contributed by atoms with E-state index in [2.05, 4.69) is 0 Å². The molecule has 0 spiro atoms. The van der Waals surface area contributed by atoms with Gasteiger partial charge in [-0.05, 0) is 25.1 Å². The molecule has 0 saturated heterocycles. The molecule has 0 unspecified atom stereocenters. The van der Waals surface area contributed by atoms with Crippen molar-refractivity contribution in [3.8, 4) is 0 Å². The average molecular weight is 236 g/mol. The molecule has 0 radical (unpaired) electrons. The van der Waals surface area contributed by atoms with Crippen molar-refractivity contribution in [2.24, 2.45) is 0 Å². The second kappa shape index (κ2) is 4.49. The highest BCUT2D eigenvalue weighted by Gasteiger charge is 2.17. The van der Waals surface area contributed by atoms with Crippen LogP contribution in [0, 0.1) is 18.6 Å². The van der Waals surface area contributed by atoms with Gasteiger partial charge in [0.25, 0.3) is 0 Å². The second-order valence-corrected chi connectivity index (χ2v) is 3.69. The zero-order valence-electron chi connectivity index (χ0n) is 9.17. The van der Waals surface area contributed by atoms with Crippen LogP contribution in [-0.4, -0.2) is 5.78 Å². The standard InChI is InChI=1S/C13H10F2O2/c1-8-9(5-6-17-8)13(16)7-10-11(14)3-2-4-12(10)15/h2-6H,7H2,1H3. The third-order valence-corrected chi connectivity index (χ3v) is 2.56. The lowest BCUT2D eigenvalue weighted by Gasteiger charge is -2.03. The van der Waals surface area contributed by atoms with Crippen LogP contribution in [0.2, 0.25) is 0 Å². The number of furan rings is 1. The van der Waals surface area contributed by atoms with Crippen molar-refractivity contribution in [3.05, 3.63) is 59.1 Å². The van der Waals surface area contributed by atoms with E-state index in [0.29, 0.717) is 11.3 Å². The highest BCUT2D eigenvalue weighted by Crippen LogP contribution is 2.17. The van der Waals surface area contributed by atoms with Crippen LogP contribution in [0.25, 0.3) is 0 Å². The maximum absolute atomic E-state index is 13.3. The third-order valence-electron chi connectivity index (χ3n) is 2.56. The lowest BCUT2D eigenvalue weighted by atomic mass is 10.0. The molecule has 0 saturated carbocycles. The molecule has 0 bridgehead atoms. The normalized spacial score (nSPS) is 10.5. The van der Waals surface area contributed by atoms with Crippen LogP contribution in [0.5, 0.6) is 0 Å². The number of carbonyl (C=O) groups is 1. The molecule has 1 aromatic carbocycles.